The van der Waals surface area contributed by atoms with Crippen molar-refractivity contribution in [3.8, 4) is 5.75 Å². The van der Waals surface area contributed by atoms with Crippen molar-refractivity contribution < 1.29 is 19.4 Å². The molecule has 5 heteroatoms. The van der Waals surface area contributed by atoms with Crippen molar-refractivity contribution in [2.75, 3.05) is 13.7 Å². The summed E-state index contributed by atoms with van der Waals surface area (Å²) in [5, 5.41) is 11.4. The van der Waals surface area contributed by atoms with Gasteiger partial charge in [0.25, 0.3) is 0 Å². The summed E-state index contributed by atoms with van der Waals surface area (Å²) in [5.41, 5.74) is 0.132. The highest BCUT2D eigenvalue weighted by Crippen LogP contribution is 2.17. The number of nitrogens with one attached hydrogen (secondary N) is 1. The first-order valence-corrected chi connectivity index (χ1v) is 5.31. The fraction of sp³-hybridized carbons (Fsp3) is 0.333. The highest BCUT2D eigenvalue weighted by molar-refractivity contribution is 5.90. The van der Waals surface area contributed by atoms with Crippen molar-refractivity contribution in [1.29, 1.82) is 0 Å². The van der Waals surface area contributed by atoms with E-state index >= 15 is 0 Å². The van der Waals surface area contributed by atoms with Crippen LogP contribution in [-0.4, -0.2) is 30.6 Å². The number of amides is 1. The van der Waals surface area contributed by atoms with Crippen LogP contribution in [0.2, 0.25) is 0 Å². The number of benzene rings is 1. The number of rotatable bonds is 6. The number of carbonyl (C=O) groups excluding carboxylic acids is 1. The van der Waals surface area contributed by atoms with Crippen LogP contribution in [0.3, 0.4) is 0 Å². The maximum Gasteiger partial charge on any atom is 0.339 e. The van der Waals surface area contributed by atoms with Gasteiger partial charge in [0.1, 0.15) is 11.3 Å². The normalized spacial score (nSPS) is 9.71. The third kappa shape index (κ3) is 4.14. The number of hydrogen-bond acceptors (Lipinski definition) is 3. The highest BCUT2D eigenvalue weighted by Gasteiger charge is 2.09. The smallest absolute Gasteiger partial charge is 0.339 e. The van der Waals surface area contributed by atoms with Gasteiger partial charge < -0.3 is 15.2 Å². The first-order valence-electron chi connectivity index (χ1n) is 5.31. The zero-order valence-corrected chi connectivity index (χ0v) is 9.60. The van der Waals surface area contributed by atoms with Crippen molar-refractivity contribution >= 4 is 11.9 Å². The molecule has 0 aliphatic carbocycles. The molecule has 92 valence electrons. The molecule has 0 unspecified atom stereocenters. The quantitative estimate of drug-likeness (QED) is 0.731. The van der Waals surface area contributed by atoms with Gasteiger partial charge in [-0.1, -0.05) is 12.1 Å². The molecule has 0 radical (unpaired) electrons. The molecule has 0 heterocycles. The molecule has 0 aromatic heterocycles. The van der Waals surface area contributed by atoms with Gasteiger partial charge in [0.2, 0.25) is 5.91 Å². The average molecular weight is 237 g/mol. The van der Waals surface area contributed by atoms with E-state index < -0.39 is 5.97 Å². The third-order valence-corrected chi connectivity index (χ3v) is 2.20. The minimum Gasteiger partial charge on any atom is -0.493 e. The number of aromatic carboxylic acids is 1. The minimum atomic E-state index is -1.02. The lowest BCUT2D eigenvalue weighted by Gasteiger charge is -2.08. The van der Waals surface area contributed by atoms with E-state index in [1.54, 1.807) is 25.2 Å². The number of carboxylic acids is 1. The maximum absolute atomic E-state index is 10.9. The molecular formula is C12H15NO4. The molecule has 5 nitrogen and oxygen atoms in total. The van der Waals surface area contributed by atoms with E-state index in [0.717, 1.165) is 0 Å². The van der Waals surface area contributed by atoms with E-state index in [-0.39, 0.29) is 11.5 Å². The van der Waals surface area contributed by atoms with E-state index in [1.807, 2.05) is 0 Å². The number of carboxylic acid groups (broad SMARTS) is 1. The lowest BCUT2D eigenvalue weighted by molar-refractivity contribution is -0.120. The summed E-state index contributed by atoms with van der Waals surface area (Å²) in [6.07, 6.45) is 0.916. The molecule has 17 heavy (non-hydrogen) atoms. The van der Waals surface area contributed by atoms with Gasteiger partial charge in [0.05, 0.1) is 6.61 Å². The van der Waals surface area contributed by atoms with Gasteiger partial charge in [0, 0.05) is 13.5 Å². The molecule has 0 fully saturated rings. The van der Waals surface area contributed by atoms with Crippen LogP contribution in [0.4, 0.5) is 0 Å². The Hall–Kier alpha value is -2.04. The summed E-state index contributed by atoms with van der Waals surface area (Å²) < 4.78 is 5.33. The second-order valence-electron chi connectivity index (χ2n) is 3.43. The van der Waals surface area contributed by atoms with Gasteiger partial charge in [-0.3, -0.25) is 4.79 Å². The Bertz CT molecular complexity index is 403. The monoisotopic (exact) mass is 237 g/mol. The van der Waals surface area contributed by atoms with Crippen molar-refractivity contribution in [2.24, 2.45) is 0 Å². The Morgan fingerprint density at radius 2 is 2.06 bits per heavy atom. The number of para-hydroxylation sites is 1. The molecule has 0 aliphatic heterocycles. The number of carbonyl (C=O) groups is 2. The highest BCUT2D eigenvalue weighted by atomic mass is 16.5. The molecule has 0 spiro atoms. The Morgan fingerprint density at radius 1 is 1.35 bits per heavy atom. The first-order chi connectivity index (χ1) is 8.15. The fourth-order valence-corrected chi connectivity index (χ4v) is 1.31. The van der Waals surface area contributed by atoms with Crippen molar-refractivity contribution in [3.63, 3.8) is 0 Å². The predicted molar refractivity (Wildman–Crippen MR) is 62.2 cm³/mol. The lowest BCUT2D eigenvalue weighted by Crippen LogP contribution is -2.18. The fourth-order valence-electron chi connectivity index (χ4n) is 1.31. The van der Waals surface area contributed by atoms with Gasteiger partial charge in [-0.2, -0.15) is 0 Å². The van der Waals surface area contributed by atoms with Gasteiger partial charge >= 0.3 is 5.97 Å². The van der Waals surface area contributed by atoms with E-state index in [2.05, 4.69) is 5.32 Å². The van der Waals surface area contributed by atoms with Crippen LogP contribution in [-0.2, 0) is 4.79 Å². The Kier molecular flexibility index (Phi) is 5.00. The van der Waals surface area contributed by atoms with E-state index in [1.165, 1.54) is 6.07 Å². The van der Waals surface area contributed by atoms with Gasteiger partial charge in [-0.05, 0) is 18.6 Å². The van der Waals surface area contributed by atoms with Crippen LogP contribution in [0.25, 0.3) is 0 Å². The van der Waals surface area contributed by atoms with Crippen LogP contribution in [0, 0.1) is 0 Å². The van der Waals surface area contributed by atoms with Crippen molar-refractivity contribution in [1.82, 2.24) is 5.32 Å². The SMILES string of the molecule is CNC(=O)CCCOc1ccccc1C(=O)O. The molecule has 2 N–H and O–H groups in total. The van der Waals surface area contributed by atoms with Crippen LogP contribution in [0.5, 0.6) is 5.75 Å². The molecule has 0 atom stereocenters. The predicted octanol–water partition coefficient (Wildman–Crippen LogP) is 1.29. The summed E-state index contributed by atoms with van der Waals surface area (Å²) in [6, 6.07) is 6.43. The molecule has 1 aromatic rings. The van der Waals surface area contributed by atoms with E-state index in [9.17, 15) is 9.59 Å². The Balaban J connectivity index is 2.46. The summed E-state index contributed by atoms with van der Waals surface area (Å²) >= 11 is 0. The zero-order chi connectivity index (χ0) is 12.7. The van der Waals surface area contributed by atoms with Gasteiger partial charge in [0.15, 0.2) is 0 Å². The van der Waals surface area contributed by atoms with Crippen LogP contribution >= 0.6 is 0 Å². The average Bonchev–Trinajstić information content (AvgIpc) is 2.34. The van der Waals surface area contributed by atoms with Gasteiger partial charge in [-0.25, -0.2) is 4.79 Å². The molecule has 0 bridgehead atoms. The molecular weight excluding hydrogens is 222 g/mol. The van der Waals surface area contributed by atoms with Crippen molar-refractivity contribution in [3.05, 3.63) is 29.8 Å². The Morgan fingerprint density at radius 3 is 2.71 bits per heavy atom. The zero-order valence-electron chi connectivity index (χ0n) is 9.60. The standard InChI is InChI=1S/C12H15NO4/c1-13-11(14)7-4-8-17-10-6-3-2-5-9(10)12(15)16/h2-3,5-6H,4,7-8H2,1H3,(H,13,14)(H,15,16). The number of ether oxygens (including phenoxy) is 1. The summed E-state index contributed by atoms with van der Waals surface area (Å²) in [4.78, 5) is 21.8. The largest absolute Gasteiger partial charge is 0.493 e. The molecule has 1 aromatic carbocycles. The van der Waals surface area contributed by atoms with E-state index in [0.29, 0.717) is 25.2 Å². The van der Waals surface area contributed by atoms with Crippen LogP contribution in [0.15, 0.2) is 24.3 Å². The summed E-state index contributed by atoms with van der Waals surface area (Å²) in [6.45, 7) is 0.317. The molecule has 0 saturated carbocycles. The third-order valence-electron chi connectivity index (χ3n) is 2.20. The van der Waals surface area contributed by atoms with Crippen LogP contribution in [0.1, 0.15) is 23.2 Å². The van der Waals surface area contributed by atoms with Gasteiger partial charge in [-0.15, -0.1) is 0 Å². The summed E-state index contributed by atoms with van der Waals surface area (Å²) in [5.74, 6) is -0.746. The van der Waals surface area contributed by atoms with Crippen LogP contribution < -0.4 is 10.1 Å². The second-order valence-corrected chi connectivity index (χ2v) is 3.43. The first kappa shape index (κ1) is 13.0. The molecule has 1 amide bonds. The molecule has 0 saturated heterocycles. The lowest BCUT2D eigenvalue weighted by atomic mass is 10.2. The molecule has 1 rings (SSSR count). The second kappa shape index (κ2) is 6.52. The number of hydrogen-bond donors (Lipinski definition) is 2. The Labute approximate surface area is 99.4 Å². The summed E-state index contributed by atoms with van der Waals surface area (Å²) in [7, 11) is 1.57. The maximum atomic E-state index is 10.9. The molecule has 0 aliphatic rings. The minimum absolute atomic E-state index is 0.0554. The topological polar surface area (TPSA) is 75.6 Å². The van der Waals surface area contributed by atoms with Crippen molar-refractivity contribution in [2.45, 2.75) is 12.8 Å². The van der Waals surface area contributed by atoms with E-state index in [4.69, 9.17) is 9.84 Å².